The second-order valence-electron chi connectivity index (χ2n) is 6.57. The third kappa shape index (κ3) is 5.35. The molecule has 27 heavy (non-hydrogen) atoms. The number of halogens is 7. The Morgan fingerprint density at radius 1 is 0.889 bits per heavy atom. The van der Waals surface area contributed by atoms with Gasteiger partial charge in [-0.05, 0) is 27.7 Å². The number of nitrogens with zero attached hydrogens (tertiary/aromatic N) is 1. The molecule has 1 heterocycles. The van der Waals surface area contributed by atoms with Gasteiger partial charge < -0.3 is 13.8 Å². The largest absolute Gasteiger partial charge is 0.459 e. The summed E-state index contributed by atoms with van der Waals surface area (Å²) in [4.78, 5) is 0.550. The lowest BCUT2D eigenvalue weighted by atomic mass is 10.1. The molecule has 5 nitrogen and oxygen atoms in total. The third-order valence-electron chi connectivity index (χ3n) is 3.51. The van der Waals surface area contributed by atoms with Gasteiger partial charge in [-0.25, -0.2) is 0 Å². The van der Waals surface area contributed by atoms with Crippen LogP contribution >= 0.6 is 7.60 Å². The molecule has 1 rings (SSSR count). The van der Waals surface area contributed by atoms with Crippen LogP contribution in [0.3, 0.4) is 0 Å². The molecule has 0 aliphatic carbocycles. The second-order valence-corrected chi connectivity index (χ2v) is 8.56. The van der Waals surface area contributed by atoms with Crippen LogP contribution in [0.1, 0.15) is 27.7 Å². The van der Waals surface area contributed by atoms with Crippen LogP contribution in [0.2, 0.25) is 0 Å². The smallest absolute Gasteiger partial charge is 0.379 e. The van der Waals surface area contributed by atoms with Crippen molar-refractivity contribution in [3.63, 3.8) is 0 Å². The lowest BCUT2D eigenvalue weighted by Gasteiger charge is -2.44. The zero-order valence-corrected chi connectivity index (χ0v) is 16.1. The lowest BCUT2D eigenvalue weighted by Crippen LogP contribution is -2.63. The average molecular weight is 433 g/mol. The van der Waals surface area contributed by atoms with Gasteiger partial charge in [0.1, 0.15) is 0 Å². The van der Waals surface area contributed by atoms with Gasteiger partial charge in [0.25, 0.3) is 0 Å². The van der Waals surface area contributed by atoms with Crippen LogP contribution in [0.5, 0.6) is 0 Å². The first-order valence-corrected chi connectivity index (χ1v) is 9.78. The minimum Gasteiger partial charge on any atom is -0.379 e. The summed E-state index contributed by atoms with van der Waals surface area (Å²) in [5.41, 5.74) is 0. The summed E-state index contributed by atoms with van der Waals surface area (Å²) in [7, 11) is -5.16. The molecule has 0 aromatic rings. The highest BCUT2D eigenvalue weighted by Crippen LogP contribution is 2.64. The fourth-order valence-electron chi connectivity index (χ4n) is 2.53. The van der Waals surface area contributed by atoms with E-state index in [0.29, 0.717) is 4.90 Å². The Labute approximate surface area is 152 Å². The normalized spacial score (nSPS) is 19.7. The maximum Gasteiger partial charge on any atom is 0.459 e. The van der Waals surface area contributed by atoms with Gasteiger partial charge in [0.15, 0.2) is 5.78 Å². The van der Waals surface area contributed by atoms with E-state index in [1.54, 1.807) is 0 Å². The summed E-state index contributed by atoms with van der Waals surface area (Å²) in [6, 6.07) is 0. The highest BCUT2D eigenvalue weighted by Gasteiger charge is 2.79. The van der Waals surface area contributed by atoms with Crippen molar-refractivity contribution in [1.82, 2.24) is 4.90 Å². The summed E-state index contributed by atoms with van der Waals surface area (Å²) < 4.78 is 123. The highest BCUT2D eigenvalue weighted by atomic mass is 31.2. The van der Waals surface area contributed by atoms with E-state index in [2.05, 4.69) is 0 Å². The van der Waals surface area contributed by atoms with E-state index >= 15 is 0 Å². The minimum atomic E-state index is -6.57. The van der Waals surface area contributed by atoms with Gasteiger partial charge in [0.05, 0.1) is 25.4 Å². The molecule has 162 valence electrons. The van der Waals surface area contributed by atoms with Crippen LogP contribution in [0, 0.1) is 0 Å². The molecular weight excluding hydrogens is 410 g/mol. The Hall–Kier alpha value is -0.420. The molecule has 13 heteroatoms. The molecule has 0 bridgehead atoms. The molecule has 0 saturated carbocycles. The predicted octanol–water partition coefficient (Wildman–Crippen LogP) is 4.52. The molecule has 1 atom stereocenters. The van der Waals surface area contributed by atoms with E-state index < -0.39 is 56.7 Å². The monoisotopic (exact) mass is 433 g/mol. The molecule has 0 amide bonds. The SMILES string of the molecule is CC(C)OP(=O)(OC(C)C)C(N1CCOCC1)C(F)(F)C(F)(F)C(F)(F)F. The van der Waals surface area contributed by atoms with Gasteiger partial charge in [0, 0.05) is 13.1 Å². The average Bonchev–Trinajstić information content (AvgIpc) is 2.44. The van der Waals surface area contributed by atoms with Crippen LogP contribution in [0.25, 0.3) is 0 Å². The molecule has 1 unspecified atom stereocenters. The molecule has 0 spiro atoms. The molecule has 1 aliphatic heterocycles. The van der Waals surface area contributed by atoms with Crippen LogP contribution in [-0.2, 0) is 18.3 Å². The Morgan fingerprint density at radius 3 is 1.63 bits per heavy atom. The Kier molecular flexibility index (Phi) is 7.77. The van der Waals surface area contributed by atoms with E-state index in [1.807, 2.05) is 0 Å². The number of hydrogen-bond donors (Lipinski definition) is 0. The maximum atomic E-state index is 14.7. The zero-order chi connectivity index (χ0) is 21.3. The van der Waals surface area contributed by atoms with Gasteiger partial charge in [-0.3, -0.25) is 9.46 Å². The van der Waals surface area contributed by atoms with Crippen molar-refractivity contribution in [2.45, 2.75) is 63.7 Å². The van der Waals surface area contributed by atoms with Crippen molar-refractivity contribution < 1.29 is 49.1 Å². The molecular formula is C14H23F7NO4P. The lowest BCUT2D eigenvalue weighted by molar-refractivity contribution is -0.361. The minimum absolute atomic E-state index is 0.215. The molecule has 1 fully saturated rings. The van der Waals surface area contributed by atoms with Gasteiger partial charge in [-0.15, -0.1) is 0 Å². The van der Waals surface area contributed by atoms with E-state index in [9.17, 15) is 35.3 Å². The summed E-state index contributed by atoms with van der Waals surface area (Å²) in [6.07, 6.45) is -8.64. The van der Waals surface area contributed by atoms with Crippen LogP contribution in [-0.4, -0.2) is 67.2 Å². The molecule has 1 saturated heterocycles. The standard InChI is InChI=1S/C14H23F7NO4P/c1-9(2)25-27(23,26-10(3)4)11(22-5-7-24-8-6-22)12(15,16)13(17,18)14(19,20)21/h9-11H,5-8H2,1-4H3. The summed E-state index contributed by atoms with van der Waals surface area (Å²) in [6.45, 7) is 3.77. The van der Waals surface area contributed by atoms with Crippen molar-refractivity contribution in [3.8, 4) is 0 Å². The zero-order valence-electron chi connectivity index (χ0n) is 15.2. The summed E-state index contributed by atoms with van der Waals surface area (Å²) in [5.74, 6) is -15.4. The fraction of sp³-hybridized carbons (Fsp3) is 1.00. The molecule has 0 aromatic carbocycles. The van der Waals surface area contributed by atoms with Gasteiger partial charge in [0.2, 0.25) is 0 Å². The molecule has 0 aromatic heterocycles. The van der Waals surface area contributed by atoms with Crippen molar-refractivity contribution in [1.29, 1.82) is 0 Å². The fourth-order valence-corrected chi connectivity index (χ4v) is 5.17. The number of alkyl halides is 7. The number of hydrogen-bond acceptors (Lipinski definition) is 5. The molecule has 0 N–H and O–H groups in total. The quantitative estimate of drug-likeness (QED) is 0.416. The Balaban J connectivity index is 3.56. The van der Waals surface area contributed by atoms with Crippen molar-refractivity contribution in [3.05, 3.63) is 0 Å². The third-order valence-corrected chi connectivity index (χ3v) is 6.19. The maximum absolute atomic E-state index is 14.7. The highest BCUT2D eigenvalue weighted by molar-refractivity contribution is 7.54. The molecule has 1 aliphatic rings. The van der Waals surface area contributed by atoms with Crippen LogP contribution < -0.4 is 0 Å². The van der Waals surface area contributed by atoms with E-state index in [0.717, 1.165) is 0 Å². The van der Waals surface area contributed by atoms with E-state index in [1.165, 1.54) is 27.7 Å². The summed E-state index contributed by atoms with van der Waals surface area (Å²) >= 11 is 0. The number of rotatable bonds is 8. The number of morpholine rings is 1. The van der Waals surface area contributed by atoms with Crippen LogP contribution in [0.4, 0.5) is 30.7 Å². The van der Waals surface area contributed by atoms with E-state index in [4.69, 9.17) is 13.8 Å². The van der Waals surface area contributed by atoms with Gasteiger partial charge in [-0.1, -0.05) is 0 Å². The van der Waals surface area contributed by atoms with Crippen molar-refractivity contribution in [2.24, 2.45) is 0 Å². The van der Waals surface area contributed by atoms with Crippen molar-refractivity contribution >= 4 is 7.60 Å². The second kappa shape index (κ2) is 8.52. The molecule has 0 radical (unpaired) electrons. The van der Waals surface area contributed by atoms with E-state index in [-0.39, 0.29) is 13.2 Å². The Morgan fingerprint density at radius 2 is 1.30 bits per heavy atom. The first kappa shape index (κ1) is 24.6. The van der Waals surface area contributed by atoms with Crippen LogP contribution in [0.15, 0.2) is 0 Å². The topological polar surface area (TPSA) is 48.0 Å². The van der Waals surface area contributed by atoms with Gasteiger partial charge in [-0.2, -0.15) is 30.7 Å². The van der Waals surface area contributed by atoms with Crippen molar-refractivity contribution in [2.75, 3.05) is 26.3 Å². The van der Waals surface area contributed by atoms with Gasteiger partial charge >= 0.3 is 25.6 Å². The number of ether oxygens (including phenoxy) is 1. The summed E-state index contributed by atoms with van der Waals surface area (Å²) in [5, 5.41) is 0. The first-order chi connectivity index (χ1) is 12.1. The first-order valence-electron chi connectivity index (χ1n) is 8.17. The predicted molar refractivity (Wildman–Crippen MR) is 82.2 cm³/mol. The Bertz CT molecular complexity index is 522.